The number of hydrogen-bond donors (Lipinski definition) is 1. The van der Waals surface area contributed by atoms with Crippen LogP contribution in [-0.4, -0.2) is 47.4 Å². The molecule has 1 aromatic heterocycles. The van der Waals surface area contributed by atoms with Crippen LogP contribution in [0.4, 0.5) is 0 Å². The topological polar surface area (TPSA) is 49.6 Å². The maximum absolute atomic E-state index is 12.1. The molecule has 0 unspecified atom stereocenters. The van der Waals surface area contributed by atoms with E-state index in [0.717, 1.165) is 49.9 Å². The van der Waals surface area contributed by atoms with Gasteiger partial charge in [-0.25, -0.2) is 0 Å². The van der Waals surface area contributed by atoms with Gasteiger partial charge in [0.15, 0.2) is 0 Å². The van der Waals surface area contributed by atoms with Gasteiger partial charge >= 0.3 is 0 Å². The van der Waals surface area contributed by atoms with E-state index < -0.39 is 5.54 Å². The SMILES string of the molecule is NC1(C(=O)N2CCN(Cc3ccc(Cl)s3)CC2)CC1. The number of halogens is 1. The number of carbonyl (C=O) groups is 1. The van der Waals surface area contributed by atoms with Crippen molar-refractivity contribution >= 4 is 28.8 Å². The van der Waals surface area contributed by atoms with Gasteiger partial charge in [-0.15, -0.1) is 11.3 Å². The first-order valence-corrected chi connectivity index (χ1v) is 7.81. The van der Waals surface area contributed by atoms with Gasteiger partial charge in [-0.05, 0) is 25.0 Å². The standard InChI is InChI=1S/C13H18ClN3OS/c14-11-2-1-10(19-11)9-16-5-7-17(8-6-16)12(18)13(15)3-4-13/h1-2H,3-9,15H2. The Labute approximate surface area is 122 Å². The fourth-order valence-corrected chi connectivity index (χ4v) is 3.56. The lowest BCUT2D eigenvalue weighted by Gasteiger charge is -2.35. The van der Waals surface area contributed by atoms with Crippen LogP contribution in [0.25, 0.3) is 0 Å². The second-order valence-corrected chi connectivity index (χ2v) is 7.23. The molecule has 19 heavy (non-hydrogen) atoms. The van der Waals surface area contributed by atoms with Gasteiger partial charge in [0.1, 0.15) is 0 Å². The summed E-state index contributed by atoms with van der Waals surface area (Å²) < 4.78 is 0.836. The minimum absolute atomic E-state index is 0.145. The summed E-state index contributed by atoms with van der Waals surface area (Å²) in [5, 5.41) is 0. The van der Waals surface area contributed by atoms with Crippen LogP contribution in [0.2, 0.25) is 4.34 Å². The summed E-state index contributed by atoms with van der Waals surface area (Å²) in [6.45, 7) is 4.33. The quantitative estimate of drug-likeness (QED) is 0.921. The van der Waals surface area contributed by atoms with Crippen LogP contribution in [-0.2, 0) is 11.3 Å². The molecule has 1 aromatic rings. The van der Waals surface area contributed by atoms with E-state index >= 15 is 0 Å². The average molecular weight is 300 g/mol. The highest BCUT2D eigenvalue weighted by Crippen LogP contribution is 2.34. The smallest absolute Gasteiger partial charge is 0.242 e. The minimum Gasteiger partial charge on any atom is -0.339 e. The molecule has 0 aromatic carbocycles. The third-order valence-electron chi connectivity index (χ3n) is 3.88. The van der Waals surface area contributed by atoms with E-state index in [1.807, 2.05) is 11.0 Å². The Hall–Kier alpha value is -0.620. The van der Waals surface area contributed by atoms with Gasteiger partial charge < -0.3 is 10.6 Å². The molecular weight excluding hydrogens is 282 g/mol. The first-order chi connectivity index (χ1) is 9.07. The summed E-state index contributed by atoms with van der Waals surface area (Å²) >= 11 is 7.56. The highest BCUT2D eigenvalue weighted by molar-refractivity contribution is 7.16. The highest BCUT2D eigenvalue weighted by Gasteiger charge is 2.48. The van der Waals surface area contributed by atoms with E-state index in [1.54, 1.807) is 11.3 Å². The summed E-state index contributed by atoms with van der Waals surface area (Å²) in [5.74, 6) is 0.145. The Morgan fingerprint density at radius 2 is 2.00 bits per heavy atom. The monoisotopic (exact) mass is 299 g/mol. The molecule has 3 rings (SSSR count). The lowest BCUT2D eigenvalue weighted by molar-refractivity contribution is -0.135. The normalized spacial score (nSPS) is 22.5. The van der Waals surface area contributed by atoms with Crippen LogP contribution in [0.15, 0.2) is 12.1 Å². The second kappa shape index (κ2) is 5.05. The highest BCUT2D eigenvalue weighted by atomic mass is 35.5. The molecule has 2 heterocycles. The average Bonchev–Trinajstić information content (AvgIpc) is 3.03. The van der Waals surface area contributed by atoms with Crippen molar-refractivity contribution in [3.05, 3.63) is 21.3 Å². The summed E-state index contributed by atoms with van der Waals surface area (Å²) in [7, 11) is 0. The van der Waals surface area contributed by atoms with Gasteiger partial charge in [0, 0.05) is 37.6 Å². The Morgan fingerprint density at radius 3 is 2.53 bits per heavy atom. The third kappa shape index (κ3) is 2.94. The van der Waals surface area contributed by atoms with Gasteiger partial charge in [-0.1, -0.05) is 11.6 Å². The Bertz CT molecular complexity index is 478. The number of amides is 1. The van der Waals surface area contributed by atoms with E-state index in [0.29, 0.717) is 0 Å². The van der Waals surface area contributed by atoms with E-state index in [2.05, 4.69) is 11.0 Å². The van der Waals surface area contributed by atoms with Gasteiger partial charge in [-0.3, -0.25) is 9.69 Å². The molecule has 1 saturated carbocycles. The molecule has 2 fully saturated rings. The molecule has 0 bridgehead atoms. The molecule has 1 saturated heterocycles. The van der Waals surface area contributed by atoms with Crippen molar-refractivity contribution in [3.8, 4) is 0 Å². The van der Waals surface area contributed by atoms with E-state index in [4.69, 9.17) is 17.3 Å². The van der Waals surface area contributed by atoms with Crippen LogP contribution >= 0.6 is 22.9 Å². The van der Waals surface area contributed by atoms with Crippen molar-refractivity contribution in [1.82, 2.24) is 9.80 Å². The third-order valence-corrected chi connectivity index (χ3v) is 5.10. The molecule has 2 aliphatic rings. The second-order valence-electron chi connectivity index (χ2n) is 5.43. The Balaban J connectivity index is 1.50. The molecule has 6 heteroatoms. The molecule has 0 atom stereocenters. The van der Waals surface area contributed by atoms with Crippen LogP contribution in [0, 0.1) is 0 Å². The lowest BCUT2D eigenvalue weighted by atomic mass is 10.2. The summed E-state index contributed by atoms with van der Waals surface area (Å²) in [4.78, 5) is 17.7. The van der Waals surface area contributed by atoms with E-state index in [9.17, 15) is 4.79 Å². The van der Waals surface area contributed by atoms with Crippen LogP contribution in [0.1, 0.15) is 17.7 Å². The summed E-state index contributed by atoms with van der Waals surface area (Å²) in [6.07, 6.45) is 1.69. The number of nitrogens with zero attached hydrogens (tertiary/aromatic N) is 2. The fraction of sp³-hybridized carbons (Fsp3) is 0.615. The fourth-order valence-electron chi connectivity index (χ4n) is 2.43. The van der Waals surface area contributed by atoms with Crippen molar-refractivity contribution in [3.63, 3.8) is 0 Å². The number of piperazine rings is 1. The van der Waals surface area contributed by atoms with Crippen molar-refractivity contribution in [1.29, 1.82) is 0 Å². The van der Waals surface area contributed by atoms with Gasteiger partial charge in [-0.2, -0.15) is 0 Å². The molecule has 1 aliphatic carbocycles. The van der Waals surface area contributed by atoms with Gasteiger partial charge in [0.2, 0.25) is 5.91 Å². The molecule has 1 amide bonds. The number of hydrogen-bond acceptors (Lipinski definition) is 4. The summed E-state index contributed by atoms with van der Waals surface area (Å²) in [5.41, 5.74) is 5.44. The van der Waals surface area contributed by atoms with Crippen molar-refractivity contribution in [2.75, 3.05) is 26.2 Å². The molecule has 1 aliphatic heterocycles. The van der Waals surface area contributed by atoms with E-state index in [-0.39, 0.29) is 5.91 Å². The predicted octanol–water partition coefficient (Wildman–Crippen LogP) is 1.54. The zero-order valence-corrected chi connectivity index (χ0v) is 12.3. The van der Waals surface area contributed by atoms with Crippen LogP contribution in [0.5, 0.6) is 0 Å². The lowest BCUT2D eigenvalue weighted by Crippen LogP contribution is -2.53. The molecule has 4 nitrogen and oxygen atoms in total. The van der Waals surface area contributed by atoms with Crippen LogP contribution in [0.3, 0.4) is 0 Å². The van der Waals surface area contributed by atoms with Crippen molar-refractivity contribution < 1.29 is 4.79 Å². The molecule has 0 radical (unpaired) electrons. The number of carbonyl (C=O) groups excluding carboxylic acids is 1. The number of rotatable bonds is 3. The minimum atomic E-state index is -0.524. The number of nitrogens with two attached hydrogens (primary N) is 1. The first-order valence-electron chi connectivity index (χ1n) is 6.62. The van der Waals surface area contributed by atoms with Crippen molar-refractivity contribution in [2.45, 2.75) is 24.9 Å². The van der Waals surface area contributed by atoms with Gasteiger partial charge in [0.25, 0.3) is 0 Å². The zero-order valence-electron chi connectivity index (χ0n) is 10.8. The zero-order chi connectivity index (χ0) is 13.5. The maximum atomic E-state index is 12.1. The number of thiophene rings is 1. The van der Waals surface area contributed by atoms with E-state index in [1.165, 1.54) is 4.88 Å². The van der Waals surface area contributed by atoms with Gasteiger partial charge in [0.05, 0.1) is 9.88 Å². The molecular formula is C13H18ClN3OS. The van der Waals surface area contributed by atoms with Crippen LogP contribution < -0.4 is 5.73 Å². The largest absolute Gasteiger partial charge is 0.339 e. The molecule has 104 valence electrons. The van der Waals surface area contributed by atoms with Crippen molar-refractivity contribution in [2.24, 2.45) is 5.73 Å². The molecule has 2 N–H and O–H groups in total. The Kier molecular flexibility index (Phi) is 3.55. The Morgan fingerprint density at radius 1 is 1.32 bits per heavy atom. The predicted molar refractivity (Wildman–Crippen MR) is 77.3 cm³/mol. The first kappa shape index (κ1) is 13.4. The maximum Gasteiger partial charge on any atom is 0.242 e. The molecule has 0 spiro atoms. The summed E-state index contributed by atoms with van der Waals surface area (Å²) in [6, 6.07) is 4.01.